The summed E-state index contributed by atoms with van der Waals surface area (Å²) in [6.45, 7) is 10.6. The highest BCUT2D eigenvalue weighted by molar-refractivity contribution is 6.78. The Bertz CT molecular complexity index is 1150. The lowest BCUT2D eigenvalue weighted by Crippen LogP contribution is -2.41. The summed E-state index contributed by atoms with van der Waals surface area (Å²) in [7, 11) is 0.393. The average molecular weight is 473 g/mol. The van der Waals surface area contributed by atoms with Gasteiger partial charge in [0, 0.05) is 34.8 Å². The predicted molar refractivity (Wildman–Crippen MR) is 129 cm³/mol. The molecule has 2 fully saturated rings. The maximum Gasteiger partial charge on any atom is 0.297 e. The third kappa shape index (κ3) is 4.42. The van der Waals surface area contributed by atoms with Crippen molar-refractivity contribution in [2.24, 2.45) is 12.5 Å². The van der Waals surface area contributed by atoms with E-state index in [0.717, 1.165) is 31.5 Å². The van der Waals surface area contributed by atoms with Gasteiger partial charge in [-0.25, -0.2) is 9.37 Å². The highest BCUT2D eigenvalue weighted by Gasteiger charge is 2.59. The molecule has 33 heavy (non-hydrogen) atoms. The SMILES string of the molecule is Cc1cc(CNC(=O)c2nc(N3CCC4(CC3)CC4[Si](C)(C)C)n(C)c(=O)c2O)ccc1F. The molecule has 1 saturated carbocycles. The number of hydrogen-bond acceptors (Lipinski definition) is 5. The minimum Gasteiger partial charge on any atom is -0.501 e. The van der Waals surface area contributed by atoms with Crippen molar-refractivity contribution >= 4 is 19.9 Å². The summed E-state index contributed by atoms with van der Waals surface area (Å²) in [5.74, 6) is -1.21. The summed E-state index contributed by atoms with van der Waals surface area (Å²) >= 11 is 0. The van der Waals surface area contributed by atoms with Crippen LogP contribution in [0.5, 0.6) is 5.75 Å². The first kappa shape index (κ1) is 23.5. The topological polar surface area (TPSA) is 87.5 Å². The molecule has 2 N–H and O–H groups in total. The van der Waals surface area contributed by atoms with Crippen LogP contribution in [0, 0.1) is 18.2 Å². The van der Waals surface area contributed by atoms with Gasteiger partial charge in [0.05, 0.1) is 0 Å². The first-order chi connectivity index (χ1) is 15.4. The van der Waals surface area contributed by atoms with E-state index in [1.54, 1.807) is 26.1 Å². The molecule has 1 saturated heterocycles. The number of aryl methyl sites for hydroxylation is 1. The lowest BCUT2D eigenvalue weighted by molar-refractivity contribution is 0.0942. The highest BCUT2D eigenvalue weighted by Crippen LogP contribution is 2.67. The number of nitrogens with zero attached hydrogens (tertiary/aromatic N) is 3. The summed E-state index contributed by atoms with van der Waals surface area (Å²) in [5, 5.41) is 13.0. The van der Waals surface area contributed by atoms with E-state index in [2.05, 4.69) is 29.9 Å². The number of halogens is 1. The third-order valence-electron chi connectivity index (χ3n) is 7.41. The van der Waals surface area contributed by atoms with E-state index < -0.39 is 25.3 Å². The zero-order chi connectivity index (χ0) is 24.1. The van der Waals surface area contributed by atoms with Crippen molar-refractivity contribution in [1.29, 1.82) is 0 Å². The summed E-state index contributed by atoms with van der Waals surface area (Å²) in [6, 6.07) is 4.58. The van der Waals surface area contributed by atoms with Crippen molar-refractivity contribution in [3.63, 3.8) is 0 Å². The molecule has 0 bridgehead atoms. The second kappa shape index (κ2) is 8.27. The van der Waals surface area contributed by atoms with Crippen LogP contribution in [-0.4, -0.2) is 41.7 Å². The fourth-order valence-corrected chi connectivity index (χ4v) is 8.52. The van der Waals surface area contributed by atoms with Gasteiger partial charge in [-0.15, -0.1) is 0 Å². The molecule has 1 aromatic heterocycles. The molecule has 0 radical (unpaired) electrons. The minimum atomic E-state index is -1.18. The Kier molecular flexibility index (Phi) is 5.88. The number of aromatic nitrogens is 2. The van der Waals surface area contributed by atoms with Gasteiger partial charge in [0.15, 0.2) is 5.69 Å². The first-order valence-electron chi connectivity index (χ1n) is 11.5. The van der Waals surface area contributed by atoms with Gasteiger partial charge in [-0.2, -0.15) is 0 Å². The molecule has 2 aliphatic rings. The second-order valence-electron chi connectivity index (χ2n) is 10.7. The number of amides is 1. The Morgan fingerprint density at radius 1 is 1.30 bits per heavy atom. The molecule has 2 aromatic rings. The zero-order valence-corrected chi connectivity index (χ0v) is 21.0. The van der Waals surface area contributed by atoms with Crippen molar-refractivity contribution in [2.75, 3.05) is 18.0 Å². The molecular weight excluding hydrogens is 439 g/mol. The molecule has 7 nitrogen and oxygen atoms in total. The number of carbonyl (C=O) groups is 1. The fourth-order valence-electron chi connectivity index (χ4n) is 5.38. The van der Waals surface area contributed by atoms with Crippen LogP contribution in [0.3, 0.4) is 0 Å². The Balaban J connectivity index is 1.50. The first-order valence-corrected chi connectivity index (χ1v) is 15.1. The molecule has 1 aliphatic heterocycles. The summed E-state index contributed by atoms with van der Waals surface area (Å²) in [6.07, 6.45) is 3.42. The van der Waals surface area contributed by atoms with Crippen LogP contribution >= 0.6 is 0 Å². The summed E-state index contributed by atoms with van der Waals surface area (Å²) in [5.41, 5.74) is 1.56. The Hall–Kier alpha value is -2.68. The molecule has 1 amide bonds. The standard InChI is InChI=1S/C24H33FN4O3Si/c1-15-12-16(6-7-17(15)25)14-26-21(31)19-20(30)22(32)28(2)23(27-19)29-10-8-24(9-11-29)13-18(24)33(3,4)5/h6-7,12,18,30H,8-11,13-14H2,1-5H3,(H,26,31). The van der Waals surface area contributed by atoms with Crippen molar-refractivity contribution in [1.82, 2.24) is 14.9 Å². The number of piperidine rings is 1. The number of benzene rings is 1. The maximum absolute atomic E-state index is 13.5. The van der Waals surface area contributed by atoms with Gasteiger partial charge in [0.25, 0.3) is 11.5 Å². The van der Waals surface area contributed by atoms with Gasteiger partial charge in [0.1, 0.15) is 5.82 Å². The van der Waals surface area contributed by atoms with Gasteiger partial charge in [0.2, 0.25) is 11.7 Å². The molecule has 9 heteroatoms. The van der Waals surface area contributed by atoms with E-state index in [9.17, 15) is 19.1 Å². The van der Waals surface area contributed by atoms with Gasteiger partial charge in [-0.3, -0.25) is 14.2 Å². The smallest absolute Gasteiger partial charge is 0.297 e. The molecule has 4 rings (SSSR count). The zero-order valence-electron chi connectivity index (χ0n) is 20.0. The van der Waals surface area contributed by atoms with E-state index in [4.69, 9.17) is 0 Å². The molecule has 178 valence electrons. The monoisotopic (exact) mass is 472 g/mol. The third-order valence-corrected chi connectivity index (χ3v) is 10.3. The van der Waals surface area contributed by atoms with Gasteiger partial charge in [-0.1, -0.05) is 31.8 Å². The lowest BCUT2D eigenvalue weighted by Gasteiger charge is -2.36. The number of aromatic hydroxyl groups is 1. The van der Waals surface area contributed by atoms with E-state index >= 15 is 0 Å². The number of rotatable bonds is 5. The second-order valence-corrected chi connectivity index (χ2v) is 16.1. The number of anilines is 1. The molecule has 1 atom stereocenters. The lowest BCUT2D eigenvalue weighted by atomic mass is 9.94. The quantitative estimate of drug-likeness (QED) is 0.650. The molecule has 1 aliphatic carbocycles. The Labute approximate surface area is 194 Å². The van der Waals surface area contributed by atoms with Crippen LogP contribution < -0.4 is 15.8 Å². The highest BCUT2D eigenvalue weighted by atomic mass is 28.3. The van der Waals surface area contributed by atoms with Crippen molar-refractivity contribution < 1.29 is 14.3 Å². The van der Waals surface area contributed by atoms with E-state index in [1.165, 1.54) is 17.1 Å². The normalized spacial score (nSPS) is 19.6. The molecule has 1 unspecified atom stereocenters. The average Bonchev–Trinajstić information content (AvgIpc) is 3.48. The minimum absolute atomic E-state index is 0.135. The number of nitrogens with one attached hydrogen (secondary N) is 1. The summed E-state index contributed by atoms with van der Waals surface area (Å²) < 4.78 is 14.8. The molecule has 1 spiro atoms. The van der Waals surface area contributed by atoms with Crippen molar-refractivity contribution in [3.8, 4) is 5.75 Å². The predicted octanol–water partition coefficient (Wildman–Crippen LogP) is 3.56. The van der Waals surface area contributed by atoms with Crippen molar-refractivity contribution in [3.05, 3.63) is 51.2 Å². The van der Waals surface area contributed by atoms with Gasteiger partial charge < -0.3 is 15.3 Å². The van der Waals surface area contributed by atoms with Crippen LogP contribution in [0.2, 0.25) is 25.2 Å². The van der Waals surface area contributed by atoms with Crippen LogP contribution in [0.1, 0.15) is 40.9 Å². The Morgan fingerprint density at radius 3 is 2.55 bits per heavy atom. The number of carbonyl (C=O) groups excluding carboxylic acids is 1. The van der Waals surface area contributed by atoms with Crippen LogP contribution in [-0.2, 0) is 13.6 Å². The number of hydrogen-bond donors (Lipinski definition) is 2. The van der Waals surface area contributed by atoms with Gasteiger partial charge >= 0.3 is 0 Å². The van der Waals surface area contributed by atoms with Gasteiger partial charge in [-0.05, 0) is 54.3 Å². The molecule has 1 aromatic carbocycles. The molecular formula is C24H33FN4O3Si. The van der Waals surface area contributed by atoms with Crippen LogP contribution in [0.15, 0.2) is 23.0 Å². The summed E-state index contributed by atoms with van der Waals surface area (Å²) in [4.78, 5) is 31.9. The van der Waals surface area contributed by atoms with Crippen LogP contribution in [0.4, 0.5) is 10.3 Å². The molecule has 2 heterocycles. The fraction of sp³-hybridized carbons (Fsp3) is 0.542. The van der Waals surface area contributed by atoms with E-state index in [1.807, 2.05) is 4.90 Å². The van der Waals surface area contributed by atoms with E-state index in [0.29, 0.717) is 22.5 Å². The van der Waals surface area contributed by atoms with Crippen LogP contribution in [0.25, 0.3) is 0 Å². The van der Waals surface area contributed by atoms with E-state index in [-0.39, 0.29) is 18.1 Å². The maximum atomic E-state index is 13.5. The largest absolute Gasteiger partial charge is 0.501 e. The van der Waals surface area contributed by atoms with Crippen molar-refractivity contribution in [2.45, 2.75) is 57.9 Å². The Morgan fingerprint density at radius 2 is 1.97 bits per heavy atom.